The molecule has 104 valence electrons. The van der Waals surface area contributed by atoms with Crippen LogP contribution >= 0.6 is 0 Å². The first kappa shape index (κ1) is 15.2. The lowest BCUT2D eigenvalue weighted by Crippen LogP contribution is -2.19. The van der Waals surface area contributed by atoms with Gasteiger partial charge in [0.2, 0.25) is 5.91 Å². The number of benzene rings is 1. The van der Waals surface area contributed by atoms with Crippen LogP contribution in [0.3, 0.4) is 0 Å². The quantitative estimate of drug-likeness (QED) is 0.701. The fourth-order valence-corrected chi connectivity index (χ4v) is 1.93. The van der Waals surface area contributed by atoms with Crippen molar-refractivity contribution < 1.29 is 14.7 Å². The van der Waals surface area contributed by atoms with E-state index < -0.39 is 11.9 Å². The molecule has 0 aliphatic heterocycles. The van der Waals surface area contributed by atoms with Crippen LogP contribution in [0.5, 0.6) is 0 Å². The van der Waals surface area contributed by atoms with Gasteiger partial charge in [0.05, 0.1) is 5.92 Å². The van der Waals surface area contributed by atoms with E-state index in [-0.39, 0.29) is 12.5 Å². The first-order valence-electron chi connectivity index (χ1n) is 6.41. The van der Waals surface area contributed by atoms with Gasteiger partial charge in [-0.25, -0.2) is 0 Å². The third-order valence-electron chi connectivity index (χ3n) is 2.84. The molecule has 0 aliphatic rings. The molecule has 1 atom stereocenters. The number of rotatable bonds is 7. The Morgan fingerprint density at radius 2 is 2.05 bits per heavy atom. The Hall–Kier alpha value is -1.88. The second-order valence-electron chi connectivity index (χ2n) is 4.35. The van der Waals surface area contributed by atoms with Crippen molar-refractivity contribution in [3.63, 3.8) is 0 Å². The van der Waals surface area contributed by atoms with Crippen LogP contribution in [0, 0.1) is 0 Å². The number of nitrogens with two attached hydrogens (primary N) is 1. The van der Waals surface area contributed by atoms with Crippen molar-refractivity contribution in [1.29, 1.82) is 0 Å². The molecule has 1 amide bonds. The average Bonchev–Trinajstić information content (AvgIpc) is 2.37. The normalized spacial score (nSPS) is 11.9. The second-order valence-corrected chi connectivity index (χ2v) is 4.35. The van der Waals surface area contributed by atoms with Crippen LogP contribution < -0.4 is 11.1 Å². The van der Waals surface area contributed by atoms with E-state index in [1.165, 1.54) is 0 Å². The van der Waals surface area contributed by atoms with Gasteiger partial charge in [0.25, 0.3) is 0 Å². The van der Waals surface area contributed by atoms with Crippen molar-refractivity contribution in [2.45, 2.75) is 32.1 Å². The predicted molar refractivity (Wildman–Crippen MR) is 74.0 cm³/mol. The van der Waals surface area contributed by atoms with Crippen LogP contribution in [-0.2, 0) is 9.59 Å². The average molecular weight is 264 g/mol. The maximum Gasteiger partial charge on any atom is 0.311 e. The van der Waals surface area contributed by atoms with Gasteiger partial charge in [0.1, 0.15) is 0 Å². The lowest BCUT2D eigenvalue weighted by atomic mass is 9.94. The highest BCUT2D eigenvalue weighted by molar-refractivity contribution is 5.92. The Kier molecular flexibility index (Phi) is 6.02. The van der Waals surface area contributed by atoms with E-state index in [1.807, 2.05) is 6.92 Å². The third kappa shape index (κ3) is 4.37. The number of para-hydroxylation sites is 1. The van der Waals surface area contributed by atoms with Crippen molar-refractivity contribution >= 4 is 17.6 Å². The summed E-state index contributed by atoms with van der Waals surface area (Å²) in [6, 6.07) is 6.97. The summed E-state index contributed by atoms with van der Waals surface area (Å²) in [6.07, 6.45) is 1.51. The van der Waals surface area contributed by atoms with Gasteiger partial charge in [-0.3, -0.25) is 9.59 Å². The van der Waals surface area contributed by atoms with Gasteiger partial charge < -0.3 is 16.2 Å². The zero-order chi connectivity index (χ0) is 14.3. The summed E-state index contributed by atoms with van der Waals surface area (Å²) < 4.78 is 0. The van der Waals surface area contributed by atoms with Crippen molar-refractivity contribution in [3.05, 3.63) is 29.8 Å². The summed E-state index contributed by atoms with van der Waals surface area (Å²) in [4.78, 5) is 22.9. The first-order valence-corrected chi connectivity index (χ1v) is 6.41. The van der Waals surface area contributed by atoms with Crippen molar-refractivity contribution in [2.75, 3.05) is 11.9 Å². The van der Waals surface area contributed by atoms with E-state index >= 15 is 0 Å². The maximum absolute atomic E-state index is 11.6. The topological polar surface area (TPSA) is 92.4 Å². The molecule has 0 radical (unpaired) electrons. The van der Waals surface area contributed by atoms with E-state index in [0.717, 1.165) is 6.42 Å². The molecule has 1 aromatic carbocycles. The molecule has 0 saturated carbocycles. The first-order chi connectivity index (χ1) is 9.10. The van der Waals surface area contributed by atoms with E-state index in [2.05, 4.69) is 5.32 Å². The minimum absolute atomic E-state index is 0.105. The van der Waals surface area contributed by atoms with Crippen molar-refractivity contribution in [1.82, 2.24) is 0 Å². The molecule has 0 heterocycles. The summed E-state index contributed by atoms with van der Waals surface area (Å²) in [6.45, 7) is 2.20. The van der Waals surface area contributed by atoms with Crippen LogP contribution in [0.25, 0.3) is 0 Å². The third-order valence-corrected chi connectivity index (χ3v) is 2.84. The van der Waals surface area contributed by atoms with E-state index in [1.54, 1.807) is 24.3 Å². The standard InChI is InChI=1S/C14H20N2O3/c1-2-5-13(17)16-12-7-4-3-6-10(12)11(8-9-15)14(18)19/h3-4,6-7,11H,2,5,8-9,15H2,1H3,(H,16,17)(H,18,19). The summed E-state index contributed by atoms with van der Waals surface area (Å²) >= 11 is 0. The predicted octanol–water partition coefficient (Wildman–Crippen LogP) is 1.94. The molecule has 1 aromatic rings. The minimum atomic E-state index is -0.928. The molecule has 0 aromatic heterocycles. The zero-order valence-electron chi connectivity index (χ0n) is 11.1. The molecule has 0 fully saturated rings. The Bertz CT molecular complexity index is 446. The monoisotopic (exact) mass is 264 g/mol. The summed E-state index contributed by atoms with van der Waals surface area (Å²) in [5.41, 5.74) is 6.61. The van der Waals surface area contributed by atoms with Gasteiger partial charge in [-0.1, -0.05) is 25.1 Å². The molecular weight excluding hydrogens is 244 g/mol. The smallest absolute Gasteiger partial charge is 0.311 e. The van der Waals surface area contributed by atoms with Gasteiger partial charge in [-0.15, -0.1) is 0 Å². The SMILES string of the molecule is CCCC(=O)Nc1ccccc1C(CCN)C(=O)O. The number of aliphatic carboxylic acids is 1. The fourth-order valence-electron chi connectivity index (χ4n) is 1.93. The van der Waals surface area contributed by atoms with Crippen LogP contribution in [0.15, 0.2) is 24.3 Å². The number of carboxylic acids is 1. The molecule has 0 bridgehead atoms. The second kappa shape index (κ2) is 7.53. The van der Waals surface area contributed by atoms with E-state index in [4.69, 9.17) is 5.73 Å². The number of anilines is 1. The molecule has 5 nitrogen and oxygen atoms in total. The largest absolute Gasteiger partial charge is 0.481 e. The van der Waals surface area contributed by atoms with Gasteiger partial charge in [-0.05, 0) is 31.0 Å². The Morgan fingerprint density at radius 1 is 1.37 bits per heavy atom. The van der Waals surface area contributed by atoms with Gasteiger partial charge in [-0.2, -0.15) is 0 Å². The van der Waals surface area contributed by atoms with Gasteiger partial charge >= 0.3 is 5.97 Å². The molecule has 0 aliphatic carbocycles. The summed E-state index contributed by atoms with van der Waals surface area (Å²) in [5, 5.41) is 12.0. The zero-order valence-corrected chi connectivity index (χ0v) is 11.1. The highest BCUT2D eigenvalue weighted by Gasteiger charge is 2.22. The van der Waals surface area contributed by atoms with Crippen LogP contribution in [-0.4, -0.2) is 23.5 Å². The Morgan fingerprint density at radius 3 is 2.63 bits per heavy atom. The number of carboxylic acid groups (broad SMARTS) is 1. The highest BCUT2D eigenvalue weighted by Crippen LogP contribution is 2.27. The van der Waals surface area contributed by atoms with Crippen LogP contribution in [0.1, 0.15) is 37.7 Å². The maximum atomic E-state index is 11.6. The van der Waals surface area contributed by atoms with Crippen molar-refractivity contribution in [2.24, 2.45) is 5.73 Å². The molecule has 5 heteroatoms. The summed E-state index contributed by atoms with van der Waals surface area (Å²) in [5.74, 6) is -1.72. The molecule has 1 rings (SSSR count). The Balaban J connectivity index is 2.99. The summed E-state index contributed by atoms with van der Waals surface area (Å²) in [7, 11) is 0. The number of carbonyl (C=O) groups is 2. The lowest BCUT2D eigenvalue weighted by molar-refractivity contribution is -0.139. The van der Waals surface area contributed by atoms with Crippen molar-refractivity contribution in [3.8, 4) is 0 Å². The molecule has 1 unspecified atom stereocenters. The van der Waals surface area contributed by atoms with Crippen LogP contribution in [0.2, 0.25) is 0 Å². The van der Waals surface area contributed by atoms with E-state index in [9.17, 15) is 14.7 Å². The highest BCUT2D eigenvalue weighted by atomic mass is 16.4. The number of carbonyl (C=O) groups excluding carboxylic acids is 1. The lowest BCUT2D eigenvalue weighted by Gasteiger charge is -2.16. The molecule has 19 heavy (non-hydrogen) atoms. The number of hydrogen-bond donors (Lipinski definition) is 3. The number of hydrogen-bond acceptors (Lipinski definition) is 3. The molecule has 0 spiro atoms. The minimum Gasteiger partial charge on any atom is -0.481 e. The molecular formula is C14H20N2O3. The van der Waals surface area contributed by atoms with Gasteiger partial charge in [0.15, 0.2) is 0 Å². The number of amides is 1. The fraction of sp³-hybridized carbons (Fsp3) is 0.429. The van der Waals surface area contributed by atoms with Gasteiger partial charge in [0, 0.05) is 12.1 Å². The Labute approximate surface area is 112 Å². The van der Waals surface area contributed by atoms with E-state index in [0.29, 0.717) is 24.1 Å². The number of nitrogens with one attached hydrogen (secondary N) is 1. The van der Waals surface area contributed by atoms with Crippen LogP contribution in [0.4, 0.5) is 5.69 Å². The molecule has 0 saturated heterocycles. The molecule has 4 N–H and O–H groups in total.